The van der Waals surface area contributed by atoms with Gasteiger partial charge in [0.2, 0.25) is 0 Å². The number of hydrogen-bond acceptors (Lipinski definition) is 8. The van der Waals surface area contributed by atoms with Crippen molar-refractivity contribution < 1.29 is 19.0 Å². The highest BCUT2D eigenvalue weighted by Gasteiger charge is 2.33. The quantitative estimate of drug-likeness (QED) is 0.382. The summed E-state index contributed by atoms with van der Waals surface area (Å²) in [5, 5.41) is 1.91. The maximum atomic E-state index is 13.6. The van der Waals surface area contributed by atoms with Crippen LogP contribution >= 0.6 is 22.7 Å². The van der Waals surface area contributed by atoms with Gasteiger partial charge in [-0.3, -0.25) is 9.36 Å². The number of hydrogen-bond donors (Lipinski definition) is 0. The summed E-state index contributed by atoms with van der Waals surface area (Å²) in [5.74, 6) is 0.744. The fraction of sp³-hybridized carbons (Fsp3) is 0.208. The fourth-order valence-electron chi connectivity index (χ4n) is 3.60. The molecule has 0 N–H and O–H groups in total. The standard InChI is InChI=1S/C24H22N2O5S2/c1-5-10-31-23(28)20-14(2)25-24-26(21(20)18-7-6-11-32-18)22(27)19(33-24)13-15-12-16(29-3)8-9-17(15)30-4/h5-9,11-13,21H,1,10H2,2-4H3/b19-13+/t21-/m1/s1. The molecule has 3 heterocycles. The monoisotopic (exact) mass is 482 g/mol. The molecule has 0 bridgehead atoms. The number of fused-ring (bicyclic) bond motifs is 1. The minimum atomic E-state index is -0.618. The van der Waals surface area contributed by atoms with Crippen LogP contribution in [-0.2, 0) is 9.53 Å². The first-order valence-corrected chi connectivity index (χ1v) is 11.7. The number of allylic oxidation sites excluding steroid dienone is 1. The number of esters is 1. The van der Waals surface area contributed by atoms with E-state index < -0.39 is 12.0 Å². The lowest BCUT2D eigenvalue weighted by Crippen LogP contribution is -2.39. The van der Waals surface area contributed by atoms with Gasteiger partial charge in [-0.1, -0.05) is 30.1 Å². The molecular formula is C24H22N2O5S2. The summed E-state index contributed by atoms with van der Waals surface area (Å²) in [6.07, 6.45) is 3.26. The number of rotatable bonds is 7. The summed E-state index contributed by atoms with van der Waals surface area (Å²) in [7, 11) is 3.15. The van der Waals surface area contributed by atoms with Crippen LogP contribution in [0.3, 0.4) is 0 Å². The molecule has 4 rings (SSSR count). The number of ether oxygens (including phenoxy) is 3. The first-order valence-electron chi connectivity index (χ1n) is 10.0. The second kappa shape index (κ2) is 9.60. The van der Waals surface area contributed by atoms with Crippen LogP contribution in [0.2, 0.25) is 0 Å². The molecule has 3 aromatic rings. The van der Waals surface area contributed by atoms with Gasteiger partial charge in [-0.05, 0) is 42.6 Å². The smallest absolute Gasteiger partial charge is 0.338 e. The third-order valence-corrected chi connectivity index (χ3v) is 7.02. The molecule has 1 aromatic carbocycles. The summed E-state index contributed by atoms with van der Waals surface area (Å²) in [5.41, 5.74) is 1.33. The van der Waals surface area contributed by atoms with Crippen molar-refractivity contribution in [2.45, 2.75) is 13.0 Å². The number of aromatic nitrogens is 1. The van der Waals surface area contributed by atoms with Crippen molar-refractivity contribution in [3.63, 3.8) is 0 Å². The lowest BCUT2D eigenvalue weighted by atomic mass is 10.0. The van der Waals surface area contributed by atoms with Crippen LogP contribution in [0.5, 0.6) is 11.5 Å². The van der Waals surface area contributed by atoms with Gasteiger partial charge < -0.3 is 14.2 Å². The number of thiophene rings is 1. The molecule has 1 aliphatic heterocycles. The molecule has 33 heavy (non-hydrogen) atoms. The van der Waals surface area contributed by atoms with E-state index in [0.29, 0.717) is 37.7 Å². The Morgan fingerprint density at radius 1 is 1.27 bits per heavy atom. The van der Waals surface area contributed by atoms with Gasteiger partial charge in [0.15, 0.2) is 4.80 Å². The highest BCUT2D eigenvalue weighted by molar-refractivity contribution is 7.10. The maximum absolute atomic E-state index is 13.6. The van der Waals surface area contributed by atoms with Crippen LogP contribution in [0.15, 0.2) is 69.4 Å². The predicted molar refractivity (Wildman–Crippen MR) is 129 cm³/mol. The zero-order valence-corrected chi connectivity index (χ0v) is 20.0. The number of nitrogens with zero attached hydrogens (tertiary/aromatic N) is 2. The third kappa shape index (κ3) is 4.29. The van der Waals surface area contributed by atoms with Gasteiger partial charge in [-0.15, -0.1) is 11.3 Å². The lowest BCUT2D eigenvalue weighted by Gasteiger charge is -2.23. The van der Waals surface area contributed by atoms with Crippen LogP contribution in [0.25, 0.3) is 6.08 Å². The Balaban J connectivity index is 1.92. The molecule has 0 aliphatic carbocycles. The highest BCUT2D eigenvalue weighted by Crippen LogP contribution is 2.33. The lowest BCUT2D eigenvalue weighted by molar-refractivity contribution is -0.138. The van der Waals surface area contributed by atoms with Gasteiger partial charge in [0.05, 0.1) is 30.0 Å². The summed E-state index contributed by atoms with van der Waals surface area (Å²) in [6, 6.07) is 8.55. The Kier molecular flexibility index (Phi) is 6.62. The van der Waals surface area contributed by atoms with Crippen molar-refractivity contribution in [3.8, 4) is 11.5 Å². The number of thiazole rings is 1. The Morgan fingerprint density at radius 3 is 2.76 bits per heavy atom. The number of carbonyl (C=O) groups is 1. The molecule has 1 atom stereocenters. The summed E-state index contributed by atoms with van der Waals surface area (Å²) in [6.45, 7) is 5.43. The van der Waals surface area contributed by atoms with E-state index in [1.807, 2.05) is 17.5 Å². The Morgan fingerprint density at radius 2 is 2.09 bits per heavy atom. The molecule has 0 fully saturated rings. The van der Waals surface area contributed by atoms with Crippen LogP contribution in [-0.4, -0.2) is 31.4 Å². The summed E-state index contributed by atoms with van der Waals surface area (Å²) < 4.78 is 18.1. The molecule has 0 radical (unpaired) electrons. The normalized spacial score (nSPS) is 15.6. The van der Waals surface area contributed by atoms with Gasteiger partial charge >= 0.3 is 5.97 Å². The van der Waals surface area contributed by atoms with Crippen molar-refractivity contribution >= 4 is 34.7 Å². The summed E-state index contributed by atoms with van der Waals surface area (Å²) in [4.78, 5) is 32.4. The van der Waals surface area contributed by atoms with Gasteiger partial charge in [-0.25, -0.2) is 9.79 Å². The first-order chi connectivity index (χ1) is 16.0. The van der Waals surface area contributed by atoms with Gasteiger partial charge in [-0.2, -0.15) is 0 Å². The minimum absolute atomic E-state index is 0.0762. The van der Waals surface area contributed by atoms with Crippen LogP contribution in [0, 0.1) is 0 Å². The van der Waals surface area contributed by atoms with Crippen molar-refractivity contribution in [3.05, 3.63) is 89.8 Å². The molecule has 0 unspecified atom stereocenters. The van der Waals surface area contributed by atoms with Gasteiger partial charge in [0.25, 0.3) is 5.56 Å². The van der Waals surface area contributed by atoms with Crippen molar-refractivity contribution in [2.24, 2.45) is 4.99 Å². The Hall–Kier alpha value is -3.43. The van der Waals surface area contributed by atoms with E-state index in [-0.39, 0.29) is 12.2 Å². The fourth-order valence-corrected chi connectivity index (χ4v) is 5.47. The first kappa shape index (κ1) is 22.8. The van der Waals surface area contributed by atoms with Crippen LogP contribution in [0.4, 0.5) is 0 Å². The molecule has 9 heteroatoms. The Bertz CT molecular complexity index is 1410. The van der Waals surface area contributed by atoms with E-state index in [2.05, 4.69) is 11.6 Å². The summed E-state index contributed by atoms with van der Waals surface area (Å²) >= 11 is 2.73. The van der Waals surface area contributed by atoms with E-state index in [1.165, 1.54) is 28.7 Å². The minimum Gasteiger partial charge on any atom is -0.497 e. The molecular weight excluding hydrogens is 460 g/mol. The van der Waals surface area contributed by atoms with E-state index in [4.69, 9.17) is 14.2 Å². The predicted octanol–water partition coefficient (Wildman–Crippen LogP) is 3.04. The molecule has 0 amide bonds. The van der Waals surface area contributed by atoms with Crippen LogP contribution < -0.4 is 24.4 Å². The molecule has 1 aliphatic rings. The third-order valence-electron chi connectivity index (χ3n) is 5.11. The highest BCUT2D eigenvalue weighted by atomic mass is 32.1. The van der Waals surface area contributed by atoms with Gasteiger partial charge in [0, 0.05) is 10.4 Å². The average molecular weight is 483 g/mol. The average Bonchev–Trinajstić information content (AvgIpc) is 3.45. The molecule has 170 valence electrons. The molecule has 7 nitrogen and oxygen atoms in total. The zero-order chi connectivity index (χ0) is 23.5. The molecule has 0 saturated carbocycles. The van der Waals surface area contributed by atoms with Gasteiger partial charge in [0.1, 0.15) is 24.1 Å². The molecule has 0 saturated heterocycles. The molecule has 0 spiro atoms. The number of methoxy groups -OCH3 is 2. The van der Waals surface area contributed by atoms with Crippen molar-refractivity contribution in [1.82, 2.24) is 4.57 Å². The maximum Gasteiger partial charge on any atom is 0.338 e. The number of benzene rings is 1. The second-order valence-electron chi connectivity index (χ2n) is 7.09. The second-order valence-corrected chi connectivity index (χ2v) is 9.08. The molecule has 2 aromatic heterocycles. The number of carbonyl (C=O) groups excluding carboxylic acids is 1. The van der Waals surface area contributed by atoms with Crippen LogP contribution in [0.1, 0.15) is 23.4 Å². The van der Waals surface area contributed by atoms with E-state index in [9.17, 15) is 9.59 Å². The zero-order valence-electron chi connectivity index (χ0n) is 18.4. The van der Waals surface area contributed by atoms with Crippen molar-refractivity contribution in [2.75, 3.05) is 20.8 Å². The largest absolute Gasteiger partial charge is 0.497 e. The Labute approximate surface area is 198 Å². The van der Waals surface area contributed by atoms with Crippen molar-refractivity contribution in [1.29, 1.82) is 0 Å². The van der Waals surface area contributed by atoms with E-state index in [0.717, 1.165) is 4.88 Å². The van der Waals surface area contributed by atoms with E-state index >= 15 is 0 Å². The SMILES string of the molecule is C=CCOC(=O)C1=C(C)N=c2s/c(=C/c3cc(OC)ccc3OC)c(=O)n2[C@@H]1c1cccs1. The topological polar surface area (TPSA) is 79.1 Å². The van der Waals surface area contributed by atoms with E-state index in [1.54, 1.807) is 50.0 Å².